The van der Waals surface area contributed by atoms with Gasteiger partial charge in [-0.2, -0.15) is 5.10 Å². The summed E-state index contributed by atoms with van der Waals surface area (Å²) < 4.78 is 8.24. The Morgan fingerprint density at radius 3 is 2.88 bits per heavy atom. The van der Waals surface area contributed by atoms with Crippen LogP contribution in [0.1, 0.15) is 6.92 Å². The molecule has 1 aromatic carbocycles. The molecule has 1 aromatic heterocycles. The summed E-state index contributed by atoms with van der Waals surface area (Å²) in [6, 6.07) is 5.98. The van der Waals surface area contributed by atoms with Crippen LogP contribution < -0.4 is 4.74 Å². The standard InChI is InChI=1S/C12H13BrN2O/c1-3-15-8-9(7-14-15)10-5-4-6-11(13)12(10)16-2/h4-8H,3H2,1-2H3. The second-order valence-electron chi connectivity index (χ2n) is 3.41. The van der Waals surface area contributed by atoms with Crippen molar-refractivity contribution in [2.45, 2.75) is 13.5 Å². The van der Waals surface area contributed by atoms with Crippen molar-refractivity contribution in [1.82, 2.24) is 9.78 Å². The van der Waals surface area contributed by atoms with Gasteiger partial charge in [0.2, 0.25) is 0 Å². The second-order valence-corrected chi connectivity index (χ2v) is 4.26. The first kappa shape index (κ1) is 11.2. The molecule has 2 rings (SSSR count). The number of halogens is 1. The van der Waals surface area contributed by atoms with E-state index in [4.69, 9.17) is 4.74 Å². The number of para-hydroxylation sites is 1. The summed E-state index contributed by atoms with van der Waals surface area (Å²) in [5.41, 5.74) is 2.12. The molecule has 0 unspecified atom stereocenters. The Balaban J connectivity index is 2.50. The van der Waals surface area contributed by atoms with Gasteiger partial charge in [0.15, 0.2) is 0 Å². The molecular formula is C12H13BrN2O. The highest BCUT2D eigenvalue weighted by Gasteiger charge is 2.10. The van der Waals surface area contributed by atoms with Gasteiger partial charge in [-0.3, -0.25) is 4.68 Å². The molecule has 1 heterocycles. The third-order valence-electron chi connectivity index (χ3n) is 2.44. The van der Waals surface area contributed by atoms with Gasteiger partial charge in [-0.25, -0.2) is 0 Å². The van der Waals surface area contributed by atoms with Crippen LogP contribution in [0.15, 0.2) is 35.1 Å². The lowest BCUT2D eigenvalue weighted by Crippen LogP contribution is -1.92. The maximum absolute atomic E-state index is 5.39. The van der Waals surface area contributed by atoms with E-state index in [0.717, 1.165) is 27.9 Å². The number of aromatic nitrogens is 2. The van der Waals surface area contributed by atoms with Crippen LogP contribution in [0.4, 0.5) is 0 Å². The predicted molar refractivity (Wildman–Crippen MR) is 67.6 cm³/mol. The Kier molecular flexibility index (Phi) is 3.29. The number of aryl methyl sites for hydroxylation is 1. The summed E-state index contributed by atoms with van der Waals surface area (Å²) in [5, 5.41) is 4.26. The zero-order chi connectivity index (χ0) is 11.5. The molecule has 0 saturated carbocycles. The van der Waals surface area contributed by atoms with Gasteiger partial charge in [-0.1, -0.05) is 12.1 Å². The van der Waals surface area contributed by atoms with Gasteiger partial charge in [0, 0.05) is 23.9 Å². The Hall–Kier alpha value is -1.29. The summed E-state index contributed by atoms with van der Waals surface area (Å²) in [4.78, 5) is 0. The summed E-state index contributed by atoms with van der Waals surface area (Å²) >= 11 is 3.48. The van der Waals surface area contributed by atoms with Gasteiger partial charge in [-0.05, 0) is 28.9 Å². The predicted octanol–water partition coefficient (Wildman–Crippen LogP) is 3.34. The highest BCUT2D eigenvalue weighted by Crippen LogP contribution is 2.35. The van der Waals surface area contributed by atoms with Crippen LogP contribution in [0.3, 0.4) is 0 Å². The van der Waals surface area contributed by atoms with Crippen LogP contribution in [0.25, 0.3) is 11.1 Å². The fraction of sp³-hybridized carbons (Fsp3) is 0.250. The Morgan fingerprint density at radius 1 is 1.44 bits per heavy atom. The molecule has 4 heteroatoms. The SMILES string of the molecule is CCn1cc(-c2cccc(Br)c2OC)cn1. The number of hydrogen-bond acceptors (Lipinski definition) is 2. The van der Waals surface area contributed by atoms with E-state index >= 15 is 0 Å². The van der Waals surface area contributed by atoms with E-state index in [1.165, 1.54) is 0 Å². The van der Waals surface area contributed by atoms with Gasteiger partial charge >= 0.3 is 0 Å². The first-order valence-corrected chi connectivity index (χ1v) is 5.91. The molecule has 0 N–H and O–H groups in total. The average molecular weight is 281 g/mol. The highest BCUT2D eigenvalue weighted by molar-refractivity contribution is 9.10. The first-order chi connectivity index (χ1) is 7.76. The first-order valence-electron chi connectivity index (χ1n) is 5.11. The molecule has 0 radical (unpaired) electrons. The summed E-state index contributed by atoms with van der Waals surface area (Å²) in [6.07, 6.45) is 3.87. The van der Waals surface area contributed by atoms with E-state index in [1.807, 2.05) is 35.3 Å². The van der Waals surface area contributed by atoms with E-state index in [9.17, 15) is 0 Å². The minimum atomic E-state index is 0.846. The molecule has 16 heavy (non-hydrogen) atoms. The quantitative estimate of drug-likeness (QED) is 0.862. The van der Waals surface area contributed by atoms with Gasteiger partial charge < -0.3 is 4.74 Å². The number of ether oxygens (including phenoxy) is 1. The van der Waals surface area contributed by atoms with E-state index < -0.39 is 0 Å². The number of rotatable bonds is 3. The maximum Gasteiger partial charge on any atom is 0.140 e. The molecule has 3 nitrogen and oxygen atoms in total. The van der Waals surface area contributed by atoms with Crippen molar-refractivity contribution in [1.29, 1.82) is 0 Å². The largest absolute Gasteiger partial charge is 0.495 e. The van der Waals surface area contributed by atoms with Gasteiger partial charge in [0.25, 0.3) is 0 Å². The minimum Gasteiger partial charge on any atom is -0.495 e. The lowest BCUT2D eigenvalue weighted by atomic mass is 10.1. The third kappa shape index (κ3) is 1.97. The van der Waals surface area contributed by atoms with Crippen molar-refractivity contribution in [2.75, 3.05) is 7.11 Å². The summed E-state index contributed by atoms with van der Waals surface area (Å²) in [5.74, 6) is 0.846. The fourth-order valence-electron chi connectivity index (χ4n) is 1.62. The molecule has 0 fully saturated rings. The van der Waals surface area contributed by atoms with Crippen molar-refractivity contribution in [3.05, 3.63) is 35.1 Å². The van der Waals surface area contributed by atoms with E-state index in [-0.39, 0.29) is 0 Å². The molecular weight excluding hydrogens is 268 g/mol. The summed E-state index contributed by atoms with van der Waals surface area (Å²) in [6.45, 7) is 2.94. The smallest absolute Gasteiger partial charge is 0.140 e. The van der Waals surface area contributed by atoms with Crippen LogP contribution in [0.5, 0.6) is 5.75 Å². The average Bonchev–Trinajstić information content (AvgIpc) is 2.77. The minimum absolute atomic E-state index is 0.846. The van der Waals surface area contributed by atoms with E-state index in [2.05, 4.69) is 28.0 Å². The maximum atomic E-state index is 5.39. The topological polar surface area (TPSA) is 27.1 Å². The van der Waals surface area contributed by atoms with Crippen molar-refractivity contribution < 1.29 is 4.74 Å². The molecule has 84 valence electrons. The zero-order valence-electron chi connectivity index (χ0n) is 9.27. The molecule has 0 aliphatic rings. The Morgan fingerprint density at radius 2 is 2.25 bits per heavy atom. The normalized spacial score (nSPS) is 10.4. The van der Waals surface area contributed by atoms with Crippen LogP contribution in [-0.4, -0.2) is 16.9 Å². The second kappa shape index (κ2) is 4.70. The molecule has 0 amide bonds. The highest BCUT2D eigenvalue weighted by atomic mass is 79.9. The Labute approximate surface area is 103 Å². The number of nitrogens with zero attached hydrogens (tertiary/aromatic N) is 2. The molecule has 0 saturated heterocycles. The fourth-order valence-corrected chi connectivity index (χ4v) is 2.15. The molecule has 0 aliphatic heterocycles. The molecule has 2 aromatic rings. The van der Waals surface area contributed by atoms with Crippen LogP contribution in [0.2, 0.25) is 0 Å². The lowest BCUT2D eigenvalue weighted by Gasteiger charge is -2.08. The van der Waals surface area contributed by atoms with Gasteiger partial charge in [-0.15, -0.1) is 0 Å². The summed E-state index contributed by atoms with van der Waals surface area (Å²) in [7, 11) is 1.67. The monoisotopic (exact) mass is 280 g/mol. The molecule has 0 atom stereocenters. The van der Waals surface area contributed by atoms with E-state index in [1.54, 1.807) is 7.11 Å². The van der Waals surface area contributed by atoms with Crippen LogP contribution >= 0.6 is 15.9 Å². The van der Waals surface area contributed by atoms with Crippen LogP contribution in [-0.2, 0) is 6.54 Å². The Bertz CT molecular complexity index is 494. The zero-order valence-corrected chi connectivity index (χ0v) is 10.9. The van der Waals surface area contributed by atoms with Crippen molar-refractivity contribution >= 4 is 15.9 Å². The van der Waals surface area contributed by atoms with E-state index in [0.29, 0.717) is 0 Å². The molecule has 0 aliphatic carbocycles. The van der Waals surface area contributed by atoms with Crippen molar-refractivity contribution in [3.8, 4) is 16.9 Å². The van der Waals surface area contributed by atoms with Crippen molar-refractivity contribution in [2.24, 2.45) is 0 Å². The lowest BCUT2D eigenvalue weighted by molar-refractivity contribution is 0.414. The number of benzene rings is 1. The van der Waals surface area contributed by atoms with Crippen molar-refractivity contribution in [3.63, 3.8) is 0 Å². The molecule has 0 spiro atoms. The van der Waals surface area contributed by atoms with Gasteiger partial charge in [0.05, 0.1) is 17.8 Å². The van der Waals surface area contributed by atoms with Gasteiger partial charge in [0.1, 0.15) is 5.75 Å². The van der Waals surface area contributed by atoms with Crippen LogP contribution in [0, 0.1) is 0 Å². The molecule has 0 bridgehead atoms. The third-order valence-corrected chi connectivity index (χ3v) is 3.06. The number of hydrogen-bond donors (Lipinski definition) is 0. The number of methoxy groups -OCH3 is 1.